The van der Waals surface area contributed by atoms with Gasteiger partial charge in [-0.2, -0.15) is 0 Å². The molecule has 0 radical (unpaired) electrons. The highest BCUT2D eigenvalue weighted by atomic mass is 32.2. The Labute approximate surface area is 142 Å². The first-order valence-electron chi connectivity index (χ1n) is 7.06. The van der Waals surface area contributed by atoms with E-state index in [1.165, 1.54) is 24.3 Å². The molecular weight excluding hydrogens is 338 g/mol. The van der Waals surface area contributed by atoms with Crippen molar-refractivity contribution in [1.29, 1.82) is 0 Å². The molecule has 0 aliphatic heterocycles. The zero-order valence-electron chi connectivity index (χ0n) is 12.9. The third kappa shape index (κ3) is 5.38. The van der Waals surface area contributed by atoms with Crippen LogP contribution in [0.3, 0.4) is 0 Å². The molecule has 0 spiro atoms. The van der Waals surface area contributed by atoms with Crippen molar-refractivity contribution in [2.45, 2.75) is 11.4 Å². The van der Waals surface area contributed by atoms with E-state index in [1.54, 1.807) is 12.1 Å². The van der Waals surface area contributed by atoms with Crippen molar-refractivity contribution in [3.05, 3.63) is 54.0 Å². The van der Waals surface area contributed by atoms with E-state index < -0.39 is 11.6 Å². The monoisotopic (exact) mass is 354 g/mol. The Hall–Kier alpha value is -2.35. The van der Waals surface area contributed by atoms with E-state index in [0.29, 0.717) is 10.7 Å². The Balaban J connectivity index is 1.74. The summed E-state index contributed by atoms with van der Waals surface area (Å²) in [6.07, 6.45) is 1.51. The smallest absolute Gasteiger partial charge is 0.239 e. The number of benzene rings is 1. The molecular formula is C16H16F2N2O3S. The number of nitrogens with one attached hydrogen (secondary N) is 1. The predicted octanol–water partition coefficient (Wildman–Crippen LogP) is 2.42. The fourth-order valence-electron chi connectivity index (χ4n) is 1.78. The van der Waals surface area contributed by atoms with Crippen molar-refractivity contribution >= 4 is 23.6 Å². The third-order valence-electron chi connectivity index (χ3n) is 3.10. The first-order chi connectivity index (χ1) is 11.5. The predicted molar refractivity (Wildman–Crippen MR) is 85.3 cm³/mol. The molecule has 0 saturated heterocycles. The number of rotatable bonds is 7. The summed E-state index contributed by atoms with van der Waals surface area (Å²) in [5, 5.41) is 2.63. The minimum Gasteiger partial charge on any atom is -0.467 e. The second kappa shape index (κ2) is 8.49. The fraction of sp³-hybridized carbons (Fsp3) is 0.250. The average Bonchev–Trinajstić information content (AvgIpc) is 3.07. The highest BCUT2D eigenvalue weighted by Crippen LogP contribution is 2.20. The number of amides is 2. The molecule has 1 heterocycles. The maximum atomic E-state index is 13.1. The van der Waals surface area contributed by atoms with Crippen LogP contribution in [0.1, 0.15) is 5.76 Å². The topological polar surface area (TPSA) is 62.6 Å². The second-order valence-electron chi connectivity index (χ2n) is 4.97. The number of thioether (sulfide) groups is 1. The summed E-state index contributed by atoms with van der Waals surface area (Å²) in [6.45, 7) is 0.148. The van der Waals surface area contributed by atoms with E-state index in [-0.39, 0.29) is 30.7 Å². The molecule has 1 aromatic carbocycles. The van der Waals surface area contributed by atoms with Crippen LogP contribution in [0, 0.1) is 11.6 Å². The average molecular weight is 354 g/mol. The van der Waals surface area contributed by atoms with Gasteiger partial charge in [0.25, 0.3) is 0 Å². The van der Waals surface area contributed by atoms with Gasteiger partial charge in [0.1, 0.15) is 5.76 Å². The third-order valence-corrected chi connectivity index (χ3v) is 4.08. The molecule has 2 aromatic rings. The lowest BCUT2D eigenvalue weighted by atomic mass is 10.3. The van der Waals surface area contributed by atoms with E-state index in [9.17, 15) is 18.4 Å². The van der Waals surface area contributed by atoms with Crippen molar-refractivity contribution in [3.8, 4) is 0 Å². The van der Waals surface area contributed by atoms with E-state index >= 15 is 0 Å². The number of carbonyl (C=O) groups is 2. The maximum Gasteiger partial charge on any atom is 0.239 e. The lowest BCUT2D eigenvalue weighted by molar-refractivity contribution is -0.132. The number of likely N-dealkylation sites (N-methyl/N-ethyl adjacent to an activating group) is 1. The number of furan rings is 1. The van der Waals surface area contributed by atoms with Crippen molar-refractivity contribution < 1.29 is 22.8 Å². The minimum atomic E-state index is -0.960. The number of halogens is 2. The molecule has 0 bridgehead atoms. The van der Waals surface area contributed by atoms with E-state index in [4.69, 9.17) is 4.42 Å². The summed E-state index contributed by atoms with van der Waals surface area (Å²) < 4.78 is 31.0. The number of hydrogen-bond donors (Lipinski definition) is 1. The van der Waals surface area contributed by atoms with Gasteiger partial charge in [-0.1, -0.05) is 0 Å². The van der Waals surface area contributed by atoms with Gasteiger partial charge in [-0.3, -0.25) is 9.59 Å². The van der Waals surface area contributed by atoms with Crippen LogP contribution in [0.25, 0.3) is 0 Å². The van der Waals surface area contributed by atoms with Crippen molar-refractivity contribution in [2.24, 2.45) is 0 Å². The molecule has 2 amide bonds. The summed E-state index contributed by atoms with van der Waals surface area (Å²) in [5.41, 5.74) is 0. The molecule has 24 heavy (non-hydrogen) atoms. The second-order valence-corrected chi connectivity index (χ2v) is 6.02. The molecule has 1 aromatic heterocycles. The highest BCUT2D eigenvalue weighted by molar-refractivity contribution is 8.00. The summed E-state index contributed by atoms with van der Waals surface area (Å²) >= 11 is 1.07. The molecule has 128 valence electrons. The first-order valence-corrected chi connectivity index (χ1v) is 8.05. The van der Waals surface area contributed by atoms with Gasteiger partial charge in [0.15, 0.2) is 11.6 Å². The normalized spacial score (nSPS) is 10.5. The molecule has 0 fully saturated rings. The highest BCUT2D eigenvalue weighted by Gasteiger charge is 2.14. The van der Waals surface area contributed by atoms with Crippen LogP contribution in [0.5, 0.6) is 0 Å². The largest absolute Gasteiger partial charge is 0.467 e. The standard InChI is InChI=1S/C16H16F2N2O3S/c1-20(9-15(21)19-8-11-3-2-6-23-11)16(22)10-24-12-4-5-13(17)14(18)7-12/h2-7H,8-10H2,1H3,(H,19,21). The van der Waals surface area contributed by atoms with Gasteiger partial charge in [0.05, 0.1) is 25.1 Å². The Morgan fingerprint density at radius 1 is 1.25 bits per heavy atom. The van der Waals surface area contributed by atoms with Crippen molar-refractivity contribution in [1.82, 2.24) is 10.2 Å². The summed E-state index contributed by atoms with van der Waals surface area (Å²) in [5.74, 6) is -1.87. The molecule has 0 saturated carbocycles. The lowest BCUT2D eigenvalue weighted by Crippen LogP contribution is -2.38. The van der Waals surface area contributed by atoms with Gasteiger partial charge >= 0.3 is 0 Å². The molecule has 0 aliphatic rings. The molecule has 1 N–H and O–H groups in total. The first kappa shape index (κ1) is 18.0. The number of carbonyl (C=O) groups excluding carboxylic acids is 2. The van der Waals surface area contributed by atoms with Crippen LogP contribution in [-0.2, 0) is 16.1 Å². The van der Waals surface area contributed by atoms with Crippen LogP contribution in [0.2, 0.25) is 0 Å². The molecule has 0 atom stereocenters. The van der Waals surface area contributed by atoms with Gasteiger partial charge in [0, 0.05) is 11.9 Å². The minimum absolute atomic E-state index is 0.0209. The fourth-order valence-corrected chi connectivity index (χ4v) is 2.64. The van der Waals surface area contributed by atoms with Crippen LogP contribution in [-0.4, -0.2) is 36.1 Å². The van der Waals surface area contributed by atoms with E-state index in [1.807, 2.05) is 0 Å². The zero-order valence-corrected chi connectivity index (χ0v) is 13.7. The molecule has 2 rings (SSSR count). The number of hydrogen-bond acceptors (Lipinski definition) is 4. The van der Waals surface area contributed by atoms with Crippen molar-refractivity contribution in [2.75, 3.05) is 19.3 Å². The van der Waals surface area contributed by atoms with Crippen LogP contribution >= 0.6 is 11.8 Å². The Morgan fingerprint density at radius 2 is 2.04 bits per heavy atom. The summed E-state index contributed by atoms with van der Waals surface area (Å²) in [7, 11) is 1.50. The van der Waals surface area contributed by atoms with Crippen molar-refractivity contribution in [3.63, 3.8) is 0 Å². The van der Waals surface area contributed by atoms with Gasteiger partial charge < -0.3 is 14.6 Å². The van der Waals surface area contributed by atoms with Gasteiger partial charge in [-0.05, 0) is 30.3 Å². The Bertz CT molecular complexity index is 707. The Kier molecular flexibility index (Phi) is 6.36. The van der Waals surface area contributed by atoms with Gasteiger partial charge in [-0.25, -0.2) is 8.78 Å². The SMILES string of the molecule is CN(CC(=O)NCc1ccco1)C(=O)CSc1ccc(F)c(F)c1. The summed E-state index contributed by atoms with van der Waals surface area (Å²) in [6, 6.07) is 6.88. The number of nitrogens with zero attached hydrogens (tertiary/aromatic N) is 1. The molecule has 5 nitrogen and oxygen atoms in total. The lowest BCUT2D eigenvalue weighted by Gasteiger charge is -2.16. The van der Waals surface area contributed by atoms with Crippen LogP contribution in [0.15, 0.2) is 45.9 Å². The summed E-state index contributed by atoms with van der Waals surface area (Å²) in [4.78, 5) is 25.5. The molecule has 0 unspecified atom stereocenters. The van der Waals surface area contributed by atoms with Gasteiger partial charge in [-0.15, -0.1) is 11.8 Å². The molecule has 8 heteroatoms. The van der Waals surface area contributed by atoms with E-state index in [0.717, 1.165) is 23.9 Å². The van der Waals surface area contributed by atoms with E-state index in [2.05, 4.69) is 5.32 Å². The van der Waals surface area contributed by atoms with Crippen LogP contribution < -0.4 is 5.32 Å². The van der Waals surface area contributed by atoms with Crippen LogP contribution in [0.4, 0.5) is 8.78 Å². The maximum absolute atomic E-state index is 13.1. The molecule has 0 aliphatic carbocycles. The van der Waals surface area contributed by atoms with Gasteiger partial charge in [0.2, 0.25) is 11.8 Å². The quantitative estimate of drug-likeness (QED) is 0.776. The zero-order chi connectivity index (χ0) is 17.5. The Morgan fingerprint density at radius 3 is 2.71 bits per heavy atom.